The number of hydrazone groups is 1. The zero-order chi connectivity index (χ0) is 19.9. The van der Waals surface area contributed by atoms with Gasteiger partial charge in [0.15, 0.2) is 0 Å². The Morgan fingerprint density at radius 1 is 0.857 bits per heavy atom. The summed E-state index contributed by atoms with van der Waals surface area (Å²) in [6.07, 6.45) is 1.40. The minimum absolute atomic E-state index is 0.263. The van der Waals surface area contributed by atoms with E-state index >= 15 is 0 Å². The lowest BCUT2D eigenvalue weighted by Gasteiger charge is -2.10. The average Bonchev–Trinajstić information content (AvgIpc) is 2.70. The van der Waals surface area contributed by atoms with Crippen LogP contribution in [0.2, 0.25) is 0 Å². The van der Waals surface area contributed by atoms with Gasteiger partial charge in [0.05, 0.1) is 23.0 Å². The lowest BCUT2D eigenvalue weighted by molar-refractivity contribution is 0.0956. The number of nitrogens with one attached hydrogen (secondary N) is 2. The van der Waals surface area contributed by atoms with Crippen molar-refractivity contribution in [2.75, 3.05) is 5.32 Å². The molecule has 140 valence electrons. The van der Waals surface area contributed by atoms with Crippen LogP contribution in [0, 0.1) is 5.82 Å². The van der Waals surface area contributed by atoms with Crippen LogP contribution in [0.15, 0.2) is 82.4 Å². The van der Waals surface area contributed by atoms with Crippen LogP contribution in [0.4, 0.5) is 10.1 Å². The van der Waals surface area contributed by atoms with Crippen molar-refractivity contribution in [2.24, 2.45) is 5.10 Å². The summed E-state index contributed by atoms with van der Waals surface area (Å²) in [5, 5.41) is 6.61. The third-order valence-electron chi connectivity index (χ3n) is 3.79. The van der Waals surface area contributed by atoms with Crippen LogP contribution in [-0.2, 0) is 0 Å². The van der Waals surface area contributed by atoms with Gasteiger partial charge in [-0.2, -0.15) is 5.10 Å². The molecule has 5 nitrogen and oxygen atoms in total. The lowest BCUT2D eigenvalue weighted by Crippen LogP contribution is -2.21. The van der Waals surface area contributed by atoms with Crippen molar-refractivity contribution in [3.05, 3.63) is 99.8 Å². The highest BCUT2D eigenvalue weighted by atomic mass is 79.9. The summed E-state index contributed by atoms with van der Waals surface area (Å²) in [5.41, 5.74) is 4.11. The van der Waals surface area contributed by atoms with Gasteiger partial charge in [-0.1, -0.05) is 36.4 Å². The van der Waals surface area contributed by atoms with Gasteiger partial charge in [-0.15, -0.1) is 0 Å². The van der Waals surface area contributed by atoms with Crippen LogP contribution >= 0.6 is 15.9 Å². The molecule has 0 aliphatic heterocycles. The third kappa shape index (κ3) is 4.89. The standard InChI is InChI=1S/C21H15BrFN3O2/c22-18-7-3-1-5-16(18)20(27)25-19-8-4-2-6-17(19)21(28)26-24-13-14-9-11-15(23)12-10-14/h1-13H,(H,25,27)(H,26,28)/b24-13-. The minimum atomic E-state index is -0.485. The minimum Gasteiger partial charge on any atom is -0.321 e. The first-order valence-corrected chi connectivity index (χ1v) is 9.08. The van der Waals surface area contributed by atoms with Gasteiger partial charge < -0.3 is 5.32 Å². The van der Waals surface area contributed by atoms with Crippen molar-refractivity contribution < 1.29 is 14.0 Å². The first-order chi connectivity index (χ1) is 13.5. The number of hydrogen-bond donors (Lipinski definition) is 2. The van der Waals surface area contributed by atoms with Crippen LogP contribution in [-0.4, -0.2) is 18.0 Å². The molecule has 7 heteroatoms. The molecule has 0 aromatic heterocycles. The predicted octanol–water partition coefficient (Wildman–Crippen LogP) is 4.60. The zero-order valence-electron chi connectivity index (χ0n) is 14.5. The molecule has 2 amide bonds. The van der Waals surface area contributed by atoms with E-state index in [0.29, 0.717) is 21.3 Å². The molecule has 0 unspecified atom stereocenters. The number of halogens is 2. The van der Waals surface area contributed by atoms with Gasteiger partial charge in [0, 0.05) is 4.47 Å². The van der Waals surface area contributed by atoms with E-state index in [-0.39, 0.29) is 17.3 Å². The number of carbonyl (C=O) groups is 2. The molecule has 2 N–H and O–H groups in total. The Kier molecular flexibility index (Phi) is 6.29. The lowest BCUT2D eigenvalue weighted by atomic mass is 10.1. The quantitative estimate of drug-likeness (QED) is 0.450. The summed E-state index contributed by atoms with van der Waals surface area (Å²) in [6.45, 7) is 0. The normalized spacial score (nSPS) is 10.6. The van der Waals surface area contributed by atoms with Crippen LogP contribution < -0.4 is 10.7 Å². The zero-order valence-corrected chi connectivity index (χ0v) is 16.1. The van der Waals surface area contributed by atoms with Gasteiger partial charge in [0.1, 0.15) is 5.82 Å². The maximum absolute atomic E-state index is 12.9. The summed E-state index contributed by atoms with van der Waals surface area (Å²) in [7, 11) is 0. The number of benzene rings is 3. The highest BCUT2D eigenvalue weighted by Gasteiger charge is 2.15. The summed E-state index contributed by atoms with van der Waals surface area (Å²) in [5.74, 6) is -1.18. The Morgan fingerprint density at radius 2 is 1.50 bits per heavy atom. The number of carbonyl (C=O) groups excluding carboxylic acids is 2. The highest BCUT2D eigenvalue weighted by Crippen LogP contribution is 2.20. The van der Waals surface area contributed by atoms with Crippen molar-refractivity contribution in [1.29, 1.82) is 0 Å². The number of para-hydroxylation sites is 1. The fraction of sp³-hybridized carbons (Fsp3) is 0. The van der Waals surface area contributed by atoms with E-state index < -0.39 is 5.91 Å². The molecule has 0 saturated heterocycles. The predicted molar refractivity (Wildman–Crippen MR) is 110 cm³/mol. The maximum atomic E-state index is 12.9. The Bertz CT molecular complexity index is 1040. The topological polar surface area (TPSA) is 70.6 Å². The number of rotatable bonds is 5. The van der Waals surface area contributed by atoms with Crippen LogP contribution in [0.1, 0.15) is 26.3 Å². The maximum Gasteiger partial charge on any atom is 0.273 e. The molecule has 0 spiro atoms. The third-order valence-corrected chi connectivity index (χ3v) is 4.48. The summed E-state index contributed by atoms with van der Waals surface area (Å²) in [4.78, 5) is 25.0. The Labute approximate surface area is 169 Å². The molecule has 0 atom stereocenters. The van der Waals surface area contributed by atoms with Crippen molar-refractivity contribution in [3.63, 3.8) is 0 Å². The number of amides is 2. The van der Waals surface area contributed by atoms with E-state index in [1.165, 1.54) is 30.5 Å². The van der Waals surface area contributed by atoms with E-state index in [4.69, 9.17) is 0 Å². The van der Waals surface area contributed by atoms with Crippen LogP contribution in [0.5, 0.6) is 0 Å². The second kappa shape index (κ2) is 9.05. The van der Waals surface area contributed by atoms with Crippen molar-refractivity contribution in [2.45, 2.75) is 0 Å². The van der Waals surface area contributed by atoms with Gasteiger partial charge in [0.2, 0.25) is 0 Å². The second-order valence-electron chi connectivity index (χ2n) is 5.73. The average molecular weight is 440 g/mol. The van der Waals surface area contributed by atoms with Crippen LogP contribution in [0.3, 0.4) is 0 Å². The molecule has 0 aliphatic rings. The second-order valence-corrected chi connectivity index (χ2v) is 6.58. The molecule has 0 heterocycles. The molecule has 0 saturated carbocycles. The van der Waals surface area contributed by atoms with Crippen molar-refractivity contribution in [1.82, 2.24) is 5.43 Å². The van der Waals surface area contributed by atoms with E-state index in [1.807, 2.05) is 0 Å². The largest absolute Gasteiger partial charge is 0.321 e. The van der Waals surface area contributed by atoms with E-state index in [1.54, 1.807) is 48.5 Å². The highest BCUT2D eigenvalue weighted by molar-refractivity contribution is 9.10. The van der Waals surface area contributed by atoms with E-state index in [0.717, 1.165) is 0 Å². The Hall–Kier alpha value is -3.32. The monoisotopic (exact) mass is 439 g/mol. The summed E-state index contributed by atoms with van der Waals surface area (Å²) >= 11 is 3.34. The molecule has 3 rings (SSSR count). The van der Waals surface area contributed by atoms with Crippen molar-refractivity contribution >= 4 is 39.6 Å². The van der Waals surface area contributed by atoms with Gasteiger partial charge in [0.25, 0.3) is 11.8 Å². The molecule has 0 bridgehead atoms. The van der Waals surface area contributed by atoms with Gasteiger partial charge in [-0.25, -0.2) is 9.82 Å². The molecule has 3 aromatic carbocycles. The molecule has 0 radical (unpaired) electrons. The van der Waals surface area contributed by atoms with Gasteiger partial charge in [-0.05, 0) is 57.9 Å². The van der Waals surface area contributed by atoms with Crippen LogP contribution in [0.25, 0.3) is 0 Å². The Balaban J connectivity index is 1.72. The molecular weight excluding hydrogens is 425 g/mol. The molecule has 28 heavy (non-hydrogen) atoms. The van der Waals surface area contributed by atoms with E-state index in [9.17, 15) is 14.0 Å². The molecular formula is C21H15BrFN3O2. The first-order valence-electron chi connectivity index (χ1n) is 8.28. The number of anilines is 1. The molecule has 3 aromatic rings. The van der Waals surface area contributed by atoms with Gasteiger partial charge >= 0.3 is 0 Å². The fourth-order valence-electron chi connectivity index (χ4n) is 2.40. The SMILES string of the molecule is O=C(Nc1ccccc1C(=O)N/N=C\c1ccc(F)cc1)c1ccccc1Br. The summed E-state index contributed by atoms with van der Waals surface area (Å²) in [6, 6.07) is 19.3. The molecule has 0 fully saturated rings. The first kappa shape index (κ1) is 19.4. The smallest absolute Gasteiger partial charge is 0.273 e. The molecule has 0 aliphatic carbocycles. The van der Waals surface area contributed by atoms with Gasteiger partial charge in [-0.3, -0.25) is 9.59 Å². The van der Waals surface area contributed by atoms with E-state index in [2.05, 4.69) is 31.8 Å². The number of hydrogen-bond acceptors (Lipinski definition) is 3. The Morgan fingerprint density at radius 3 is 2.21 bits per heavy atom. The van der Waals surface area contributed by atoms with Crippen molar-refractivity contribution in [3.8, 4) is 0 Å². The summed E-state index contributed by atoms with van der Waals surface area (Å²) < 4.78 is 13.6. The number of nitrogens with zero attached hydrogens (tertiary/aromatic N) is 1. The fourth-order valence-corrected chi connectivity index (χ4v) is 2.86.